The van der Waals surface area contributed by atoms with Crippen LogP contribution in [0.5, 0.6) is 0 Å². The fourth-order valence-electron chi connectivity index (χ4n) is 1.45. The highest BCUT2D eigenvalue weighted by molar-refractivity contribution is 7.99. The number of nitrogens with one attached hydrogen (secondary N) is 1. The van der Waals surface area contributed by atoms with Crippen LogP contribution in [0.1, 0.15) is 45.9 Å². The standard InChI is InChI=1S/C14H23N3O2S/c1-5-7-15-11-8-12(17-14(16-11)10(3)4)20-9-13(18)19-6-2/h8,10H,5-7,9H2,1-4H3,(H,15,16,17). The van der Waals surface area contributed by atoms with Gasteiger partial charge in [0, 0.05) is 18.5 Å². The van der Waals surface area contributed by atoms with Crippen LogP contribution >= 0.6 is 11.8 Å². The average Bonchev–Trinajstić information content (AvgIpc) is 2.43. The van der Waals surface area contributed by atoms with Gasteiger partial charge in [0.15, 0.2) is 0 Å². The van der Waals surface area contributed by atoms with E-state index in [1.807, 2.05) is 6.07 Å². The molecule has 0 spiro atoms. The Morgan fingerprint density at radius 3 is 2.75 bits per heavy atom. The number of aromatic nitrogens is 2. The molecular weight excluding hydrogens is 274 g/mol. The minimum Gasteiger partial charge on any atom is -0.465 e. The summed E-state index contributed by atoms with van der Waals surface area (Å²) in [6, 6.07) is 1.88. The first-order valence-electron chi connectivity index (χ1n) is 6.98. The van der Waals surface area contributed by atoms with Crippen molar-refractivity contribution >= 4 is 23.5 Å². The van der Waals surface area contributed by atoms with Crippen LogP contribution in [-0.4, -0.2) is 34.8 Å². The van der Waals surface area contributed by atoms with E-state index in [4.69, 9.17) is 4.74 Å². The van der Waals surface area contributed by atoms with Crippen LogP contribution in [0.4, 0.5) is 5.82 Å². The van der Waals surface area contributed by atoms with E-state index in [1.165, 1.54) is 11.8 Å². The Labute approximate surface area is 124 Å². The number of anilines is 1. The van der Waals surface area contributed by atoms with E-state index in [2.05, 4.69) is 36.1 Å². The van der Waals surface area contributed by atoms with Crippen LogP contribution in [-0.2, 0) is 9.53 Å². The molecule has 1 rings (SSSR count). The summed E-state index contributed by atoms with van der Waals surface area (Å²) in [5, 5.41) is 4.06. The van der Waals surface area contributed by atoms with Gasteiger partial charge in [-0.25, -0.2) is 9.97 Å². The minimum absolute atomic E-state index is 0.217. The maximum Gasteiger partial charge on any atom is 0.316 e. The quantitative estimate of drug-likeness (QED) is 0.452. The van der Waals surface area contributed by atoms with Crippen LogP contribution in [0.2, 0.25) is 0 Å². The highest BCUT2D eigenvalue weighted by Crippen LogP contribution is 2.21. The summed E-state index contributed by atoms with van der Waals surface area (Å²) in [6.07, 6.45) is 1.03. The van der Waals surface area contributed by atoms with Crippen molar-refractivity contribution in [1.29, 1.82) is 0 Å². The molecule has 0 saturated carbocycles. The van der Waals surface area contributed by atoms with Gasteiger partial charge < -0.3 is 10.1 Å². The van der Waals surface area contributed by atoms with Gasteiger partial charge in [-0.1, -0.05) is 32.5 Å². The van der Waals surface area contributed by atoms with Crippen molar-refractivity contribution in [1.82, 2.24) is 9.97 Å². The number of hydrogen-bond donors (Lipinski definition) is 1. The van der Waals surface area contributed by atoms with E-state index in [1.54, 1.807) is 6.92 Å². The molecule has 0 radical (unpaired) electrons. The predicted octanol–water partition coefficient (Wildman–Crippen LogP) is 3.08. The summed E-state index contributed by atoms with van der Waals surface area (Å²) in [6.45, 7) is 9.29. The van der Waals surface area contributed by atoms with Crippen molar-refractivity contribution in [2.24, 2.45) is 0 Å². The summed E-state index contributed by atoms with van der Waals surface area (Å²) in [4.78, 5) is 20.3. The fourth-order valence-corrected chi connectivity index (χ4v) is 2.16. The van der Waals surface area contributed by atoms with Gasteiger partial charge in [-0.15, -0.1) is 0 Å². The number of thioether (sulfide) groups is 1. The molecule has 20 heavy (non-hydrogen) atoms. The molecule has 0 aliphatic carbocycles. The van der Waals surface area contributed by atoms with Crippen LogP contribution in [0, 0.1) is 0 Å². The lowest BCUT2D eigenvalue weighted by molar-refractivity contribution is -0.139. The molecule has 0 atom stereocenters. The van der Waals surface area contributed by atoms with Crippen molar-refractivity contribution in [2.75, 3.05) is 24.2 Å². The number of carbonyl (C=O) groups is 1. The number of nitrogens with zero attached hydrogens (tertiary/aromatic N) is 2. The van der Waals surface area contributed by atoms with Crippen molar-refractivity contribution in [2.45, 2.75) is 45.1 Å². The second-order valence-corrected chi connectivity index (χ2v) is 5.62. The number of carbonyl (C=O) groups excluding carboxylic acids is 1. The number of ether oxygens (including phenoxy) is 1. The second kappa shape index (κ2) is 8.79. The van der Waals surface area contributed by atoms with Crippen LogP contribution in [0.25, 0.3) is 0 Å². The van der Waals surface area contributed by atoms with Gasteiger partial charge in [-0.3, -0.25) is 4.79 Å². The molecule has 0 bridgehead atoms. The first-order chi connectivity index (χ1) is 9.56. The lowest BCUT2D eigenvalue weighted by Gasteiger charge is -2.11. The third-order valence-electron chi connectivity index (χ3n) is 2.44. The molecule has 0 unspecified atom stereocenters. The van der Waals surface area contributed by atoms with Crippen LogP contribution in [0.3, 0.4) is 0 Å². The number of rotatable bonds is 8. The molecular formula is C14H23N3O2S. The first-order valence-corrected chi connectivity index (χ1v) is 7.96. The third kappa shape index (κ3) is 5.77. The maximum absolute atomic E-state index is 11.4. The Bertz CT molecular complexity index is 438. The van der Waals surface area contributed by atoms with Gasteiger partial charge in [-0.05, 0) is 13.3 Å². The Kier molecular flexibility index (Phi) is 7.36. The zero-order valence-electron chi connectivity index (χ0n) is 12.6. The van der Waals surface area contributed by atoms with E-state index in [-0.39, 0.29) is 17.6 Å². The van der Waals surface area contributed by atoms with Gasteiger partial charge in [0.2, 0.25) is 0 Å². The van der Waals surface area contributed by atoms with Crippen molar-refractivity contribution < 1.29 is 9.53 Å². The highest BCUT2D eigenvalue weighted by atomic mass is 32.2. The van der Waals surface area contributed by atoms with E-state index in [0.29, 0.717) is 6.61 Å². The minimum atomic E-state index is -0.217. The topological polar surface area (TPSA) is 64.1 Å². The fraction of sp³-hybridized carbons (Fsp3) is 0.643. The summed E-state index contributed by atoms with van der Waals surface area (Å²) in [7, 11) is 0. The van der Waals surface area contributed by atoms with Crippen molar-refractivity contribution in [3.8, 4) is 0 Å². The molecule has 0 saturated heterocycles. The van der Waals surface area contributed by atoms with Crippen molar-refractivity contribution in [3.63, 3.8) is 0 Å². The van der Waals surface area contributed by atoms with E-state index in [9.17, 15) is 4.79 Å². The van der Waals surface area contributed by atoms with Crippen LogP contribution < -0.4 is 5.32 Å². The normalized spacial score (nSPS) is 10.7. The summed E-state index contributed by atoms with van der Waals surface area (Å²) >= 11 is 1.38. The van der Waals surface area contributed by atoms with Crippen LogP contribution in [0.15, 0.2) is 11.1 Å². The second-order valence-electron chi connectivity index (χ2n) is 4.62. The number of hydrogen-bond acceptors (Lipinski definition) is 6. The summed E-state index contributed by atoms with van der Waals surface area (Å²) in [5.74, 6) is 1.91. The Morgan fingerprint density at radius 1 is 1.40 bits per heavy atom. The molecule has 112 valence electrons. The SMILES string of the molecule is CCCNc1cc(SCC(=O)OCC)nc(C(C)C)n1. The van der Waals surface area contributed by atoms with Gasteiger partial charge in [0.05, 0.1) is 12.4 Å². The molecule has 1 N–H and O–H groups in total. The van der Waals surface area contributed by atoms with E-state index < -0.39 is 0 Å². The molecule has 6 heteroatoms. The summed E-state index contributed by atoms with van der Waals surface area (Å²) < 4.78 is 4.92. The molecule has 0 aliphatic heterocycles. The molecule has 5 nitrogen and oxygen atoms in total. The molecule has 1 aromatic rings. The summed E-state index contributed by atoms with van der Waals surface area (Å²) in [5.41, 5.74) is 0. The lowest BCUT2D eigenvalue weighted by Crippen LogP contribution is -2.09. The van der Waals surface area contributed by atoms with Gasteiger partial charge >= 0.3 is 5.97 Å². The lowest BCUT2D eigenvalue weighted by atomic mass is 10.2. The Balaban J connectivity index is 2.77. The smallest absolute Gasteiger partial charge is 0.316 e. The third-order valence-corrected chi connectivity index (χ3v) is 3.32. The largest absolute Gasteiger partial charge is 0.465 e. The monoisotopic (exact) mass is 297 g/mol. The molecule has 0 aromatic carbocycles. The van der Waals surface area contributed by atoms with E-state index in [0.717, 1.165) is 29.6 Å². The molecule has 0 aliphatic rings. The van der Waals surface area contributed by atoms with Gasteiger partial charge in [0.25, 0.3) is 0 Å². The first kappa shape index (κ1) is 16.8. The van der Waals surface area contributed by atoms with Crippen molar-refractivity contribution in [3.05, 3.63) is 11.9 Å². The predicted molar refractivity (Wildman–Crippen MR) is 82.3 cm³/mol. The Hall–Kier alpha value is -1.30. The maximum atomic E-state index is 11.4. The average molecular weight is 297 g/mol. The van der Waals surface area contributed by atoms with Gasteiger partial charge in [0.1, 0.15) is 16.7 Å². The number of esters is 1. The van der Waals surface area contributed by atoms with E-state index >= 15 is 0 Å². The molecule has 1 aromatic heterocycles. The molecule has 0 fully saturated rings. The molecule has 1 heterocycles. The van der Waals surface area contributed by atoms with Gasteiger partial charge in [-0.2, -0.15) is 0 Å². The zero-order valence-corrected chi connectivity index (χ0v) is 13.4. The highest BCUT2D eigenvalue weighted by Gasteiger charge is 2.10. The molecule has 0 amide bonds. The Morgan fingerprint density at radius 2 is 2.15 bits per heavy atom. The zero-order chi connectivity index (χ0) is 15.0.